The first kappa shape index (κ1) is 17.4. The van der Waals surface area contributed by atoms with Gasteiger partial charge in [0.25, 0.3) is 5.91 Å². The number of halogens is 2. The summed E-state index contributed by atoms with van der Waals surface area (Å²) in [7, 11) is -2.35. The number of nitrogens with zero attached hydrogens (tertiary/aromatic N) is 1. The largest absolute Gasteiger partial charge is 0.339 e. The molecule has 0 aliphatic rings. The van der Waals surface area contributed by atoms with Gasteiger partial charge in [0.2, 0.25) is 10.0 Å². The number of rotatable bonds is 4. The number of hydrogen-bond acceptors (Lipinski definition) is 3. The molecule has 0 radical (unpaired) electrons. The molecule has 1 rings (SSSR count). The zero-order valence-corrected chi connectivity index (χ0v) is 14.5. The van der Waals surface area contributed by atoms with Crippen molar-refractivity contribution < 1.29 is 13.2 Å². The Hall–Kier alpha value is -0.630. The summed E-state index contributed by atoms with van der Waals surface area (Å²) in [6, 6.07) is 2.77. The number of hydrogen-bond donors (Lipinski definition) is 1. The molecule has 1 amide bonds. The van der Waals surface area contributed by atoms with Gasteiger partial charge >= 0.3 is 0 Å². The summed E-state index contributed by atoms with van der Waals surface area (Å²) in [6.45, 7) is 3.84. The van der Waals surface area contributed by atoms with Crippen LogP contribution >= 0.6 is 27.5 Å². The second-order valence-corrected chi connectivity index (χ2v) is 7.31. The molecule has 112 valence electrons. The lowest BCUT2D eigenvalue weighted by Gasteiger charge is -2.24. The highest BCUT2D eigenvalue weighted by Gasteiger charge is 2.24. The standard InChI is InChI=1S/C12H16BrClN2O3S/c1-4-7(2)16(3)12(17)9-5-8(13)6-10(11(9)14)20(15,18)19/h5-7H,4H2,1-3H3,(H2,15,18,19). The highest BCUT2D eigenvalue weighted by atomic mass is 79.9. The van der Waals surface area contributed by atoms with Crippen LogP contribution in [0, 0.1) is 0 Å². The van der Waals surface area contributed by atoms with Crippen LogP contribution in [0.4, 0.5) is 0 Å². The lowest BCUT2D eigenvalue weighted by atomic mass is 10.1. The molecule has 0 spiro atoms. The molecule has 0 aromatic heterocycles. The Morgan fingerprint density at radius 3 is 2.50 bits per heavy atom. The van der Waals surface area contributed by atoms with Gasteiger partial charge in [0.05, 0.1) is 10.6 Å². The summed E-state index contributed by atoms with van der Waals surface area (Å²) in [5.41, 5.74) is 0.105. The van der Waals surface area contributed by atoms with Crippen molar-refractivity contribution in [3.05, 3.63) is 27.2 Å². The van der Waals surface area contributed by atoms with Gasteiger partial charge in [-0.2, -0.15) is 0 Å². The average Bonchev–Trinajstić information content (AvgIpc) is 2.37. The van der Waals surface area contributed by atoms with E-state index >= 15 is 0 Å². The van der Waals surface area contributed by atoms with Crippen LogP contribution in [0.2, 0.25) is 5.02 Å². The van der Waals surface area contributed by atoms with Gasteiger partial charge in [-0.05, 0) is 25.5 Å². The average molecular weight is 384 g/mol. The van der Waals surface area contributed by atoms with Crippen molar-refractivity contribution >= 4 is 43.5 Å². The Bertz CT molecular complexity index is 634. The van der Waals surface area contributed by atoms with Crippen molar-refractivity contribution in [3.63, 3.8) is 0 Å². The van der Waals surface area contributed by atoms with E-state index in [2.05, 4.69) is 15.9 Å². The fourth-order valence-electron chi connectivity index (χ4n) is 1.59. The molecule has 0 saturated heterocycles. The van der Waals surface area contributed by atoms with Crippen LogP contribution in [0.15, 0.2) is 21.5 Å². The molecule has 0 heterocycles. The van der Waals surface area contributed by atoms with Crippen molar-refractivity contribution in [2.75, 3.05) is 7.05 Å². The zero-order chi connectivity index (χ0) is 15.7. The summed E-state index contributed by atoms with van der Waals surface area (Å²) in [4.78, 5) is 13.6. The van der Waals surface area contributed by atoms with E-state index in [0.717, 1.165) is 6.42 Å². The molecule has 5 nitrogen and oxygen atoms in total. The normalized spacial score (nSPS) is 13.1. The third kappa shape index (κ3) is 3.72. The van der Waals surface area contributed by atoms with Crippen LogP contribution < -0.4 is 5.14 Å². The second-order valence-electron chi connectivity index (χ2n) is 4.48. The monoisotopic (exact) mass is 382 g/mol. The Balaban J connectivity index is 3.40. The number of primary sulfonamides is 1. The van der Waals surface area contributed by atoms with Gasteiger partial charge in [-0.15, -0.1) is 0 Å². The number of benzene rings is 1. The van der Waals surface area contributed by atoms with E-state index in [1.54, 1.807) is 7.05 Å². The van der Waals surface area contributed by atoms with Crippen LogP contribution in [-0.4, -0.2) is 32.3 Å². The smallest absolute Gasteiger partial charge is 0.255 e. The maximum Gasteiger partial charge on any atom is 0.255 e. The molecule has 1 aromatic carbocycles. The number of carbonyl (C=O) groups excluding carboxylic acids is 1. The van der Waals surface area contributed by atoms with Crippen molar-refractivity contribution in [2.24, 2.45) is 5.14 Å². The highest BCUT2D eigenvalue weighted by Crippen LogP contribution is 2.30. The third-order valence-electron chi connectivity index (χ3n) is 3.11. The Morgan fingerprint density at radius 1 is 1.50 bits per heavy atom. The molecule has 8 heteroatoms. The number of nitrogens with two attached hydrogens (primary N) is 1. The molecule has 0 fully saturated rings. The SMILES string of the molecule is CCC(C)N(C)C(=O)c1cc(Br)cc(S(N)(=O)=O)c1Cl. The maximum absolute atomic E-state index is 12.4. The van der Waals surface area contributed by atoms with E-state index in [9.17, 15) is 13.2 Å². The quantitative estimate of drug-likeness (QED) is 0.868. The summed E-state index contributed by atoms with van der Waals surface area (Å²) >= 11 is 9.19. The van der Waals surface area contributed by atoms with E-state index < -0.39 is 10.0 Å². The third-order valence-corrected chi connectivity index (χ3v) is 5.03. The number of sulfonamides is 1. The second kappa shape index (κ2) is 6.43. The minimum absolute atomic E-state index is 0.00971. The van der Waals surface area contributed by atoms with Crippen LogP contribution in [0.3, 0.4) is 0 Å². The van der Waals surface area contributed by atoms with E-state index in [0.29, 0.717) is 4.47 Å². The van der Waals surface area contributed by atoms with E-state index in [1.165, 1.54) is 17.0 Å². The van der Waals surface area contributed by atoms with Crippen molar-refractivity contribution in [2.45, 2.75) is 31.2 Å². The van der Waals surface area contributed by atoms with Crippen LogP contribution in [0.5, 0.6) is 0 Å². The van der Waals surface area contributed by atoms with Gasteiger partial charge in [0.1, 0.15) is 4.90 Å². The van der Waals surface area contributed by atoms with Gasteiger partial charge in [-0.25, -0.2) is 13.6 Å². The van der Waals surface area contributed by atoms with Crippen LogP contribution in [0.1, 0.15) is 30.6 Å². The topological polar surface area (TPSA) is 80.5 Å². The van der Waals surface area contributed by atoms with E-state index in [-0.39, 0.29) is 27.4 Å². The molecule has 0 aliphatic heterocycles. The zero-order valence-electron chi connectivity index (χ0n) is 11.4. The molecule has 1 unspecified atom stereocenters. The Kier molecular flexibility index (Phi) is 5.60. The first-order valence-electron chi connectivity index (χ1n) is 5.88. The molecule has 1 atom stereocenters. The van der Waals surface area contributed by atoms with Gasteiger partial charge in [-0.1, -0.05) is 34.5 Å². The minimum Gasteiger partial charge on any atom is -0.339 e. The summed E-state index contributed by atoms with van der Waals surface area (Å²) < 4.78 is 23.4. The van der Waals surface area contributed by atoms with Crippen molar-refractivity contribution in [1.29, 1.82) is 0 Å². The van der Waals surface area contributed by atoms with Gasteiger partial charge < -0.3 is 4.90 Å². The van der Waals surface area contributed by atoms with Crippen molar-refractivity contribution in [1.82, 2.24) is 4.90 Å². The minimum atomic E-state index is -4.00. The molecule has 0 bridgehead atoms. The molecular formula is C12H16BrClN2O3S. The summed E-state index contributed by atoms with van der Waals surface area (Å²) in [5.74, 6) is -0.351. The highest BCUT2D eigenvalue weighted by molar-refractivity contribution is 9.10. The Labute approximate surface area is 132 Å². The van der Waals surface area contributed by atoms with Gasteiger partial charge in [-0.3, -0.25) is 4.79 Å². The number of amides is 1. The predicted octanol–water partition coefficient (Wildman–Crippen LogP) is 2.62. The predicted molar refractivity (Wildman–Crippen MR) is 82.4 cm³/mol. The molecule has 0 aliphatic carbocycles. The molecule has 0 saturated carbocycles. The molecule has 2 N–H and O–H groups in total. The van der Waals surface area contributed by atoms with Crippen molar-refractivity contribution in [3.8, 4) is 0 Å². The summed E-state index contributed by atoms with van der Waals surface area (Å²) in [5, 5.41) is 4.94. The lowest BCUT2D eigenvalue weighted by molar-refractivity contribution is 0.0740. The molecule has 1 aromatic rings. The summed E-state index contributed by atoms with van der Waals surface area (Å²) in [6.07, 6.45) is 0.774. The first-order valence-corrected chi connectivity index (χ1v) is 8.60. The van der Waals surface area contributed by atoms with E-state index in [1.807, 2.05) is 13.8 Å². The fraction of sp³-hybridized carbons (Fsp3) is 0.417. The molecule has 20 heavy (non-hydrogen) atoms. The molecular weight excluding hydrogens is 368 g/mol. The van der Waals surface area contributed by atoms with Gasteiger partial charge in [0, 0.05) is 17.6 Å². The van der Waals surface area contributed by atoms with Gasteiger partial charge in [0.15, 0.2) is 0 Å². The number of carbonyl (C=O) groups is 1. The first-order chi connectivity index (χ1) is 9.09. The van der Waals surface area contributed by atoms with Crippen LogP contribution in [0.25, 0.3) is 0 Å². The Morgan fingerprint density at radius 2 is 2.05 bits per heavy atom. The maximum atomic E-state index is 12.4. The van der Waals surface area contributed by atoms with E-state index in [4.69, 9.17) is 16.7 Å². The van der Waals surface area contributed by atoms with Crippen LogP contribution in [-0.2, 0) is 10.0 Å². The fourth-order valence-corrected chi connectivity index (χ4v) is 3.36. The lowest BCUT2D eigenvalue weighted by Crippen LogP contribution is -2.35.